The van der Waals surface area contributed by atoms with Crippen LogP contribution in [0.2, 0.25) is 0 Å². The van der Waals surface area contributed by atoms with Crippen LogP contribution in [0.4, 0.5) is 0 Å². The van der Waals surface area contributed by atoms with Gasteiger partial charge in [-0.05, 0) is 175 Å². The molecule has 0 atom stereocenters. The fraction of sp³-hybridized carbons (Fsp3) is 0.151. The number of rotatable bonds is 43. The minimum Gasteiger partial charge on any atom is -0.489 e. The van der Waals surface area contributed by atoms with Crippen molar-refractivity contribution in [2.45, 2.75) is 106 Å². The molecule has 0 aliphatic carbocycles. The largest absolute Gasteiger partial charge is 0.489 e. The van der Waals surface area contributed by atoms with Gasteiger partial charge in [0.1, 0.15) is 173 Å². The second kappa shape index (κ2) is 42.4. The highest BCUT2D eigenvalue weighted by atomic mass is 16.5. The van der Waals surface area contributed by atoms with Gasteiger partial charge in [-0.2, -0.15) is 0 Å². The van der Waals surface area contributed by atoms with E-state index in [-0.39, 0.29) is 39.6 Å². The van der Waals surface area contributed by atoms with E-state index >= 15 is 0 Å². The van der Waals surface area contributed by atoms with Gasteiger partial charge in [0.15, 0.2) is 0 Å². The number of hydrogen-bond donors (Lipinski definition) is 0. The number of benzene rings is 15. The lowest BCUT2D eigenvalue weighted by Crippen LogP contribution is -2.04. The molecule has 0 spiro atoms. The van der Waals surface area contributed by atoms with Crippen LogP contribution >= 0.6 is 0 Å². The number of ether oxygens (including phenoxy) is 14. The molecule has 15 aromatic carbocycles. The first-order valence-corrected chi connectivity index (χ1v) is 40.3. The zero-order valence-electron chi connectivity index (χ0n) is 67.0. The molecule has 0 amide bonds. The van der Waals surface area contributed by atoms with Crippen LogP contribution in [0.25, 0.3) is 0 Å². The van der Waals surface area contributed by atoms with Crippen LogP contribution in [0.15, 0.2) is 370 Å². The molecule has 0 aromatic heterocycles. The molecule has 14 nitrogen and oxygen atoms in total. The van der Waals surface area contributed by atoms with E-state index in [2.05, 4.69) is 6.92 Å². The molecule has 0 N–H and O–H groups in total. The maximum absolute atomic E-state index is 6.82. The summed E-state index contributed by atoms with van der Waals surface area (Å²) < 4.78 is 92.2. The van der Waals surface area contributed by atoms with Crippen molar-refractivity contribution in [2.24, 2.45) is 0 Å². The quantitative estimate of drug-likeness (QED) is 0.0359. The molecule has 0 fully saturated rings. The van der Waals surface area contributed by atoms with Crippen molar-refractivity contribution in [3.63, 3.8) is 0 Å². The Morgan fingerprint density at radius 3 is 0.325 bits per heavy atom. The van der Waals surface area contributed by atoms with E-state index in [0.29, 0.717) is 140 Å². The molecule has 0 bridgehead atoms. The van der Waals surface area contributed by atoms with Crippen LogP contribution in [-0.2, 0) is 98.9 Å². The minimum absolute atomic E-state index is 0.145. The van der Waals surface area contributed by atoms with Gasteiger partial charge in [-0.25, -0.2) is 0 Å². The van der Waals surface area contributed by atoms with Gasteiger partial charge in [0, 0.05) is 42.5 Å². The lowest BCUT2D eigenvalue weighted by atomic mass is 10.1. The van der Waals surface area contributed by atoms with Crippen LogP contribution in [-0.4, -0.2) is 0 Å². The predicted molar refractivity (Wildman–Crippen MR) is 467 cm³/mol. The molecule has 14 heteroatoms. The Hall–Kier alpha value is -14.5. The Kier molecular flexibility index (Phi) is 28.5. The van der Waals surface area contributed by atoms with Gasteiger partial charge >= 0.3 is 0 Å². The van der Waals surface area contributed by atoms with Crippen molar-refractivity contribution in [1.29, 1.82) is 0 Å². The maximum atomic E-state index is 6.82. The molecule has 15 rings (SSSR count). The van der Waals surface area contributed by atoms with Crippen molar-refractivity contribution < 1.29 is 66.3 Å². The molecule has 0 saturated carbocycles. The van der Waals surface area contributed by atoms with Crippen molar-refractivity contribution in [1.82, 2.24) is 0 Å². The van der Waals surface area contributed by atoms with E-state index in [1.807, 2.05) is 370 Å². The highest BCUT2D eigenvalue weighted by Crippen LogP contribution is 2.36. The Morgan fingerprint density at radius 1 is 0.117 bits per heavy atom. The van der Waals surface area contributed by atoms with Gasteiger partial charge in [0.05, 0.1) is 0 Å². The van der Waals surface area contributed by atoms with Gasteiger partial charge in [-0.15, -0.1) is 0 Å². The number of hydrogen-bond acceptors (Lipinski definition) is 14. The van der Waals surface area contributed by atoms with Gasteiger partial charge in [-0.1, -0.05) is 250 Å². The lowest BCUT2D eigenvalue weighted by molar-refractivity contribution is 0.270. The summed E-state index contributed by atoms with van der Waals surface area (Å²) in [5.74, 6) is 8.61. The Bertz CT molecular complexity index is 4760. The maximum Gasteiger partial charge on any atom is 0.123 e. The summed E-state index contributed by atoms with van der Waals surface area (Å²) >= 11 is 0. The Morgan fingerprint density at radius 2 is 0.217 bits per heavy atom. The molecular formula is C106H94O14. The third kappa shape index (κ3) is 25.7. The molecule has 602 valence electrons. The summed E-state index contributed by atoms with van der Waals surface area (Å²) in [5.41, 5.74) is 14.3. The summed E-state index contributed by atoms with van der Waals surface area (Å²) in [4.78, 5) is 0. The molecule has 120 heavy (non-hydrogen) atoms. The van der Waals surface area contributed by atoms with Gasteiger partial charge < -0.3 is 66.3 Å². The molecule has 15 aromatic rings. The lowest BCUT2D eigenvalue weighted by Gasteiger charge is -2.17. The smallest absolute Gasteiger partial charge is 0.123 e. The van der Waals surface area contributed by atoms with Gasteiger partial charge in [0.2, 0.25) is 0 Å². The van der Waals surface area contributed by atoms with Crippen LogP contribution in [0, 0.1) is 0 Å². The van der Waals surface area contributed by atoms with Gasteiger partial charge in [-0.3, -0.25) is 0 Å². The highest BCUT2D eigenvalue weighted by Gasteiger charge is 2.17. The minimum atomic E-state index is 0.145. The molecule has 0 unspecified atom stereocenters. The summed E-state index contributed by atoms with van der Waals surface area (Å²) in [6, 6.07) is 122. The van der Waals surface area contributed by atoms with Crippen LogP contribution in [0.1, 0.15) is 90.4 Å². The SMILES string of the molecule is CCc1cc(OCc2cc(OCc3cc(OCc4ccccc4)cc(OCc4ccccc4)c3)cc(OCc3cc(OCc4ccccc4)cc(OCc4ccccc4)c3)c2)cc(OCc2cc(OCc3cc(OCc4ccccc4)cc(OCc4ccccc4)c3)cc(OCc3cc(OCc4ccccc4)cc(OCc4ccccc4)c3)c2)c1. The van der Waals surface area contributed by atoms with E-state index in [4.69, 9.17) is 66.3 Å². The fourth-order valence-electron chi connectivity index (χ4n) is 13.2. The second-order valence-electron chi connectivity index (χ2n) is 29.0. The predicted octanol–water partition coefficient (Wildman–Crippen LogP) is 24.4. The zero-order chi connectivity index (χ0) is 81.4. The van der Waals surface area contributed by atoms with Crippen molar-refractivity contribution in [3.05, 3.63) is 454 Å². The van der Waals surface area contributed by atoms with E-state index < -0.39 is 0 Å². The molecule has 0 radical (unpaired) electrons. The Balaban J connectivity index is 0.697. The van der Waals surface area contributed by atoms with Crippen LogP contribution in [0.3, 0.4) is 0 Å². The van der Waals surface area contributed by atoms with Gasteiger partial charge in [0.25, 0.3) is 0 Å². The molecule has 0 aliphatic rings. The number of aryl methyl sites for hydroxylation is 1. The first-order chi connectivity index (χ1) is 59.2. The molecule has 0 heterocycles. The fourth-order valence-corrected chi connectivity index (χ4v) is 13.2. The summed E-state index contributed by atoms with van der Waals surface area (Å²) in [6.07, 6.45) is 0.709. The van der Waals surface area contributed by atoms with Crippen molar-refractivity contribution >= 4 is 0 Å². The average molecular weight is 1590 g/mol. The first-order valence-electron chi connectivity index (χ1n) is 40.3. The van der Waals surface area contributed by atoms with Crippen LogP contribution in [0.5, 0.6) is 80.5 Å². The highest BCUT2D eigenvalue weighted by molar-refractivity contribution is 5.47. The topological polar surface area (TPSA) is 129 Å². The van der Waals surface area contributed by atoms with E-state index in [9.17, 15) is 0 Å². The zero-order valence-corrected chi connectivity index (χ0v) is 67.0. The summed E-state index contributed by atoms with van der Waals surface area (Å²) in [7, 11) is 0. The van der Waals surface area contributed by atoms with Crippen molar-refractivity contribution in [2.75, 3.05) is 0 Å². The van der Waals surface area contributed by atoms with E-state index in [1.165, 1.54) is 0 Å². The molecule has 0 saturated heterocycles. The summed E-state index contributed by atoms with van der Waals surface area (Å²) in [6.45, 7) is 6.10. The standard InChI is InChI=1S/C106H94O14/c1-2-78-43-93(115-72-91-53-103(117-74-87-45-95(107-64-79-27-11-3-12-28-79)58-96(46-87)108-65-80-29-13-4-14-30-80)62-104(54-91)118-75-88-47-97(109-66-81-31-15-5-16-32-81)59-98(48-88)110-67-82-33-17-6-18-34-82)57-94(44-78)116-73-92-55-105(119-76-89-49-99(111-68-83-35-19-7-20-36-83)60-100(50-89)112-69-84-37-21-8-22-38-84)63-106(56-92)120-77-90-51-101(113-70-85-39-23-9-24-40-85)61-102(52-90)114-71-86-41-25-10-26-42-86/h3-63H,2,64-77H2,1H3. The third-order valence-electron chi connectivity index (χ3n) is 19.4. The molecule has 0 aliphatic heterocycles. The average Bonchev–Trinajstić information content (AvgIpc) is 0.847. The normalized spacial score (nSPS) is 10.9. The van der Waals surface area contributed by atoms with E-state index in [1.54, 1.807) is 0 Å². The second-order valence-corrected chi connectivity index (χ2v) is 29.0. The third-order valence-corrected chi connectivity index (χ3v) is 19.4. The monoisotopic (exact) mass is 1590 g/mol. The summed E-state index contributed by atoms with van der Waals surface area (Å²) in [5, 5.41) is 0. The Labute approximate surface area is 702 Å². The first kappa shape index (κ1) is 80.7. The van der Waals surface area contributed by atoms with Crippen LogP contribution < -0.4 is 66.3 Å². The van der Waals surface area contributed by atoms with E-state index in [0.717, 1.165) is 83.5 Å². The molecular weight excluding hydrogens is 1500 g/mol. The van der Waals surface area contributed by atoms with Crippen molar-refractivity contribution in [3.8, 4) is 80.5 Å².